The van der Waals surface area contributed by atoms with E-state index in [1.807, 2.05) is 36.4 Å². The zero-order valence-electron chi connectivity index (χ0n) is 25.0. The lowest BCUT2D eigenvalue weighted by Gasteiger charge is -2.31. The Balaban J connectivity index is 1.39. The molecule has 2 aliphatic rings. The molecule has 2 aromatic heterocycles. The zero-order valence-corrected chi connectivity index (χ0v) is 25.7. The minimum absolute atomic E-state index is 0.00814. The molecule has 12 nitrogen and oxygen atoms in total. The number of halogens is 1. The van der Waals surface area contributed by atoms with Gasteiger partial charge in [-0.3, -0.25) is 19.0 Å². The summed E-state index contributed by atoms with van der Waals surface area (Å²) in [5.41, 5.74) is 2.89. The normalized spacial score (nSPS) is 22.4. The van der Waals surface area contributed by atoms with Crippen LogP contribution in [-0.4, -0.2) is 75.4 Å². The lowest BCUT2D eigenvalue weighted by Crippen LogP contribution is -2.40. The summed E-state index contributed by atoms with van der Waals surface area (Å²) in [7, 11) is 0. The number of carbonyl (C=O) groups excluding carboxylic acids is 3. The Kier molecular flexibility index (Phi) is 8.43. The van der Waals surface area contributed by atoms with E-state index in [4.69, 9.17) is 30.5 Å². The first-order chi connectivity index (χ1) is 21.7. The molecule has 6 rings (SSSR count). The van der Waals surface area contributed by atoms with Gasteiger partial charge in [0.2, 0.25) is 5.28 Å². The maximum Gasteiger partial charge on any atom is 0.303 e. The summed E-state index contributed by atoms with van der Waals surface area (Å²) in [5.74, 6) is -1.23. The fourth-order valence-electron chi connectivity index (χ4n) is 6.34. The quantitative estimate of drug-likeness (QED) is 0.158. The molecule has 0 spiro atoms. The van der Waals surface area contributed by atoms with E-state index in [-0.39, 0.29) is 17.3 Å². The molecule has 0 saturated carbocycles. The molecule has 2 aliphatic heterocycles. The van der Waals surface area contributed by atoms with E-state index < -0.39 is 42.4 Å². The molecule has 2 aromatic carbocycles. The van der Waals surface area contributed by atoms with Crippen LogP contribution in [0.15, 0.2) is 67.0 Å². The summed E-state index contributed by atoms with van der Waals surface area (Å²) in [6.07, 6.45) is -1.81. The Morgan fingerprint density at radius 1 is 0.911 bits per heavy atom. The molecule has 45 heavy (non-hydrogen) atoms. The van der Waals surface area contributed by atoms with Gasteiger partial charge in [0.15, 0.2) is 35.4 Å². The second-order valence-corrected chi connectivity index (χ2v) is 11.5. The molecule has 4 heterocycles. The molecule has 4 aromatic rings. The van der Waals surface area contributed by atoms with E-state index in [0.717, 1.165) is 6.42 Å². The van der Waals surface area contributed by atoms with Crippen molar-refractivity contribution in [1.82, 2.24) is 19.5 Å². The number of rotatable bonds is 8. The van der Waals surface area contributed by atoms with Gasteiger partial charge in [-0.05, 0) is 29.1 Å². The van der Waals surface area contributed by atoms with Gasteiger partial charge in [0.1, 0.15) is 12.7 Å². The maximum atomic E-state index is 12.2. The Hall–Kier alpha value is -4.55. The van der Waals surface area contributed by atoms with Gasteiger partial charge < -0.3 is 23.8 Å². The molecule has 4 atom stereocenters. The highest BCUT2D eigenvalue weighted by molar-refractivity contribution is 6.28. The molecule has 0 radical (unpaired) electrons. The molecule has 0 bridgehead atoms. The first-order valence-electron chi connectivity index (χ1n) is 14.6. The highest BCUT2D eigenvalue weighted by Gasteiger charge is 2.51. The molecule has 0 amide bonds. The van der Waals surface area contributed by atoms with Crippen molar-refractivity contribution in [2.75, 3.05) is 24.6 Å². The number of imidazole rings is 1. The number of anilines is 1. The number of esters is 3. The predicted molar refractivity (Wildman–Crippen MR) is 162 cm³/mol. The first-order valence-corrected chi connectivity index (χ1v) is 14.9. The third kappa shape index (κ3) is 5.95. The van der Waals surface area contributed by atoms with Gasteiger partial charge >= 0.3 is 17.9 Å². The van der Waals surface area contributed by atoms with E-state index in [0.29, 0.717) is 30.1 Å². The lowest BCUT2D eigenvalue weighted by atomic mass is 9.74. The molecule has 2 saturated heterocycles. The summed E-state index contributed by atoms with van der Waals surface area (Å²) in [4.78, 5) is 51.7. The van der Waals surface area contributed by atoms with E-state index in [2.05, 4.69) is 44.1 Å². The average Bonchev–Trinajstić information content (AvgIpc) is 3.73. The monoisotopic (exact) mass is 633 g/mol. The van der Waals surface area contributed by atoms with Crippen LogP contribution in [0.1, 0.15) is 44.5 Å². The number of aromatic nitrogens is 4. The number of benzene rings is 2. The minimum Gasteiger partial charge on any atom is -0.463 e. The number of hydrogen-bond acceptors (Lipinski definition) is 11. The third-order valence-corrected chi connectivity index (χ3v) is 8.38. The van der Waals surface area contributed by atoms with E-state index in [9.17, 15) is 14.4 Å². The van der Waals surface area contributed by atoms with Crippen molar-refractivity contribution in [3.05, 3.63) is 83.4 Å². The van der Waals surface area contributed by atoms with Crippen LogP contribution < -0.4 is 4.90 Å². The number of nitrogens with zero attached hydrogens (tertiary/aromatic N) is 5. The van der Waals surface area contributed by atoms with E-state index >= 15 is 0 Å². The number of carbonyl (C=O) groups is 3. The summed E-state index contributed by atoms with van der Waals surface area (Å²) in [6, 6.07) is 20.8. The van der Waals surface area contributed by atoms with Gasteiger partial charge in [-0.2, -0.15) is 9.97 Å². The first kappa shape index (κ1) is 30.5. The molecule has 13 heteroatoms. The average molecular weight is 634 g/mol. The van der Waals surface area contributed by atoms with Gasteiger partial charge in [-0.1, -0.05) is 60.7 Å². The van der Waals surface area contributed by atoms with Gasteiger partial charge in [0.05, 0.1) is 6.33 Å². The van der Waals surface area contributed by atoms with Crippen molar-refractivity contribution in [3.8, 4) is 0 Å². The number of ether oxygens (including phenoxy) is 4. The van der Waals surface area contributed by atoms with Crippen LogP contribution in [0.25, 0.3) is 11.2 Å². The van der Waals surface area contributed by atoms with E-state index in [1.54, 1.807) is 4.57 Å². The Labute approximate surface area is 264 Å². The topological polar surface area (TPSA) is 135 Å². The lowest BCUT2D eigenvalue weighted by molar-refractivity contribution is -0.166. The molecule has 2 fully saturated rings. The molecule has 234 valence electrons. The van der Waals surface area contributed by atoms with Gasteiger partial charge in [-0.15, -0.1) is 0 Å². The maximum absolute atomic E-state index is 12.2. The third-order valence-electron chi connectivity index (χ3n) is 8.21. The van der Waals surface area contributed by atoms with Crippen LogP contribution in [-0.2, 0) is 38.7 Å². The minimum atomic E-state index is -1.10. The van der Waals surface area contributed by atoms with Gasteiger partial charge in [0.25, 0.3) is 0 Å². The van der Waals surface area contributed by atoms with Crippen LogP contribution in [0.3, 0.4) is 0 Å². The Morgan fingerprint density at radius 3 is 2.13 bits per heavy atom. The highest BCUT2D eigenvalue weighted by atomic mass is 35.5. The molecule has 0 aliphatic carbocycles. The van der Waals surface area contributed by atoms with Crippen LogP contribution in [0.4, 0.5) is 5.82 Å². The molecule has 0 N–H and O–H groups in total. The second kappa shape index (κ2) is 12.4. The summed E-state index contributed by atoms with van der Waals surface area (Å²) < 4.78 is 24.1. The van der Waals surface area contributed by atoms with Crippen molar-refractivity contribution in [2.45, 2.75) is 57.1 Å². The summed E-state index contributed by atoms with van der Waals surface area (Å²) in [6.45, 7) is 4.78. The van der Waals surface area contributed by atoms with Crippen molar-refractivity contribution >= 4 is 46.5 Å². The van der Waals surface area contributed by atoms with Crippen molar-refractivity contribution < 1.29 is 33.3 Å². The largest absolute Gasteiger partial charge is 0.463 e. The van der Waals surface area contributed by atoms with Crippen molar-refractivity contribution in [2.24, 2.45) is 0 Å². The highest BCUT2D eigenvalue weighted by Crippen LogP contribution is 2.44. The van der Waals surface area contributed by atoms with Gasteiger partial charge in [0, 0.05) is 39.3 Å². The van der Waals surface area contributed by atoms with Crippen LogP contribution in [0, 0.1) is 0 Å². The van der Waals surface area contributed by atoms with Crippen molar-refractivity contribution in [3.63, 3.8) is 0 Å². The standard InChI is InChI=1S/C32H32ClN5O7/c1-19(39)42-16-24-26(43-20(2)40)27(44-21(3)41)30(45-24)38-18-34-25-28(35-31(33)36-29(25)38)37-15-14-32(17-37,22-10-6-4-7-11-22)23-12-8-5-9-13-23/h4-13,18,24,26-27,30H,14-17H2,1-3H3/t24-,26-,27-,30-/m1/s1. The molecular weight excluding hydrogens is 602 g/mol. The number of fused-ring (bicyclic) bond motifs is 1. The zero-order chi connectivity index (χ0) is 31.7. The molecular formula is C32H32ClN5O7. The fraction of sp³-hybridized carbons (Fsp3) is 0.375. The number of hydrogen-bond donors (Lipinski definition) is 0. The molecule has 0 unspecified atom stereocenters. The van der Waals surface area contributed by atoms with E-state index in [1.165, 1.54) is 38.2 Å². The fourth-order valence-corrected chi connectivity index (χ4v) is 6.50. The van der Waals surface area contributed by atoms with Gasteiger partial charge in [-0.25, -0.2) is 4.98 Å². The second-order valence-electron chi connectivity index (χ2n) is 11.1. The summed E-state index contributed by atoms with van der Waals surface area (Å²) in [5, 5.41) is -0.00814. The Morgan fingerprint density at radius 2 is 1.53 bits per heavy atom. The SMILES string of the molecule is CC(=O)OC[C@H]1O[C@@H](n2cnc3c(N4CCC(c5ccccc5)(c5ccccc5)C4)nc(Cl)nc32)[C@H](OC(C)=O)[C@@H]1OC(C)=O. The Bertz CT molecular complexity index is 1680. The predicted octanol–water partition coefficient (Wildman–Crippen LogP) is 4.00. The van der Waals surface area contributed by atoms with Crippen LogP contribution >= 0.6 is 11.6 Å². The van der Waals surface area contributed by atoms with Crippen molar-refractivity contribution in [1.29, 1.82) is 0 Å². The summed E-state index contributed by atoms with van der Waals surface area (Å²) >= 11 is 6.53. The smallest absolute Gasteiger partial charge is 0.303 e. The van der Waals surface area contributed by atoms with Crippen LogP contribution in [0.5, 0.6) is 0 Å². The van der Waals surface area contributed by atoms with Crippen LogP contribution in [0.2, 0.25) is 5.28 Å².